The number of para-hydroxylation sites is 1. The summed E-state index contributed by atoms with van der Waals surface area (Å²) in [6, 6.07) is 7.65. The third-order valence-electron chi connectivity index (χ3n) is 4.23. The number of carbonyl (C=O) groups is 1. The van der Waals surface area contributed by atoms with Crippen molar-refractivity contribution in [3.8, 4) is 5.75 Å². The molecule has 2 atom stereocenters. The van der Waals surface area contributed by atoms with Crippen LogP contribution in [0, 0.1) is 5.92 Å². The highest BCUT2D eigenvalue weighted by atomic mass is 16.5. The first-order valence-corrected chi connectivity index (χ1v) is 7.39. The second kappa shape index (κ2) is 6.48. The van der Waals surface area contributed by atoms with Gasteiger partial charge in [-0.2, -0.15) is 0 Å². The van der Waals surface area contributed by atoms with Gasteiger partial charge in [0.15, 0.2) is 0 Å². The number of hydrogen-bond donors (Lipinski definition) is 0. The van der Waals surface area contributed by atoms with Gasteiger partial charge in [0.05, 0.1) is 12.7 Å². The number of carboxylic acid groups (broad SMARTS) is 1. The standard InChI is InChI=1S/C17H24O4/c1-17(2)11-12(8-9-21-17)14(10-16(18)19)13-6-4-5-7-15(13)20-3/h4-7,12,14H,8-11H2,1-3H3,(H,18,19)/p-1/t12-,14-/m1/s1. The SMILES string of the molecule is COc1ccccc1[C@H](CC(=O)[O-])[C@@H]1CCOC(C)(C)C1. The smallest absolute Gasteiger partial charge is 0.122 e. The van der Waals surface area contributed by atoms with Crippen molar-refractivity contribution >= 4 is 5.97 Å². The van der Waals surface area contributed by atoms with E-state index in [2.05, 4.69) is 13.8 Å². The highest BCUT2D eigenvalue weighted by molar-refractivity contribution is 5.66. The summed E-state index contributed by atoms with van der Waals surface area (Å²) in [5.74, 6) is -0.125. The minimum Gasteiger partial charge on any atom is -0.550 e. The highest BCUT2D eigenvalue weighted by Crippen LogP contribution is 2.42. The monoisotopic (exact) mass is 291 g/mol. The molecule has 4 nitrogen and oxygen atoms in total. The molecule has 21 heavy (non-hydrogen) atoms. The maximum absolute atomic E-state index is 11.2. The molecule has 0 aliphatic carbocycles. The Kier molecular flexibility index (Phi) is 4.88. The predicted molar refractivity (Wildman–Crippen MR) is 78.1 cm³/mol. The van der Waals surface area contributed by atoms with E-state index in [-0.39, 0.29) is 23.9 Å². The number of carbonyl (C=O) groups excluding carboxylic acids is 1. The number of methoxy groups -OCH3 is 1. The molecule has 0 saturated carbocycles. The van der Waals surface area contributed by atoms with Gasteiger partial charge in [0.25, 0.3) is 0 Å². The number of carboxylic acids is 1. The molecule has 0 amide bonds. The fraction of sp³-hybridized carbons (Fsp3) is 0.588. The predicted octanol–water partition coefficient (Wildman–Crippen LogP) is 2.12. The third-order valence-corrected chi connectivity index (χ3v) is 4.23. The van der Waals surface area contributed by atoms with E-state index in [1.165, 1.54) is 0 Å². The van der Waals surface area contributed by atoms with Crippen molar-refractivity contribution in [2.45, 2.75) is 44.6 Å². The molecule has 0 N–H and O–H groups in total. The van der Waals surface area contributed by atoms with Crippen LogP contribution in [0.5, 0.6) is 5.75 Å². The maximum Gasteiger partial charge on any atom is 0.122 e. The van der Waals surface area contributed by atoms with Crippen molar-refractivity contribution in [1.29, 1.82) is 0 Å². The highest BCUT2D eigenvalue weighted by Gasteiger charge is 2.35. The van der Waals surface area contributed by atoms with Crippen LogP contribution in [-0.2, 0) is 9.53 Å². The van der Waals surface area contributed by atoms with Gasteiger partial charge in [0.2, 0.25) is 0 Å². The Morgan fingerprint density at radius 2 is 2.19 bits per heavy atom. The van der Waals surface area contributed by atoms with Gasteiger partial charge in [-0.15, -0.1) is 0 Å². The zero-order valence-corrected chi connectivity index (χ0v) is 12.9. The zero-order chi connectivity index (χ0) is 15.5. The van der Waals surface area contributed by atoms with Crippen molar-refractivity contribution in [3.63, 3.8) is 0 Å². The van der Waals surface area contributed by atoms with Crippen molar-refractivity contribution in [1.82, 2.24) is 0 Å². The molecule has 1 heterocycles. The Hall–Kier alpha value is -1.55. The molecule has 0 bridgehead atoms. The van der Waals surface area contributed by atoms with E-state index in [1.807, 2.05) is 24.3 Å². The van der Waals surface area contributed by atoms with Crippen LogP contribution >= 0.6 is 0 Å². The van der Waals surface area contributed by atoms with Gasteiger partial charge < -0.3 is 19.4 Å². The minimum atomic E-state index is -1.02. The van der Waals surface area contributed by atoms with Gasteiger partial charge in [-0.05, 0) is 56.6 Å². The summed E-state index contributed by atoms with van der Waals surface area (Å²) in [7, 11) is 1.61. The largest absolute Gasteiger partial charge is 0.550 e. The van der Waals surface area contributed by atoms with Crippen LogP contribution in [0.1, 0.15) is 44.6 Å². The Morgan fingerprint density at radius 1 is 1.48 bits per heavy atom. The summed E-state index contributed by atoms with van der Waals surface area (Å²) in [4.78, 5) is 11.2. The lowest BCUT2D eigenvalue weighted by atomic mass is 9.75. The topological polar surface area (TPSA) is 58.6 Å². The van der Waals surface area contributed by atoms with Crippen molar-refractivity contribution in [3.05, 3.63) is 29.8 Å². The molecule has 1 fully saturated rings. The summed E-state index contributed by atoms with van der Waals surface area (Å²) in [6.07, 6.45) is 1.71. The lowest BCUT2D eigenvalue weighted by Gasteiger charge is -2.40. The van der Waals surface area contributed by atoms with Gasteiger partial charge in [-0.25, -0.2) is 0 Å². The second-order valence-corrected chi connectivity index (χ2v) is 6.29. The first-order valence-electron chi connectivity index (χ1n) is 7.39. The summed E-state index contributed by atoms with van der Waals surface area (Å²) in [5, 5.41) is 11.2. The van der Waals surface area contributed by atoms with Gasteiger partial charge in [-0.1, -0.05) is 18.2 Å². The normalized spacial score (nSPS) is 22.5. The van der Waals surface area contributed by atoms with Crippen LogP contribution in [0.2, 0.25) is 0 Å². The number of ether oxygens (including phenoxy) is 2. The maximum atomic E-state index is 11.2. The lowest BCUT2D eigenvalue weighted by Crippen LogP contribution is -2.38. The van der Waals surface area contributed by atoms with E-state index < -0.39 is 5.97 Å². The first-order chi connectivity index (χ1) is 9.93. The van der Waals surface area contributed by atoms with Crippen molar-refractivity contribution < 1.29 is 19.4 Å². The molecule has 0 aromatic heterocycles. The van der Waals surface area contributed by atoms with Crippen molar-refractivity contribution in [2.24, 2.45) is 5.92 Å². The quantitative estimate of drug-likeness (QED) is 0.834. The lowest BCUT2D eigenvalue weighted by molar-refractivity contribution is -0.306. The van der Waals surface area contributed by atoms with Crippen molar-refractivity contribution in [2.75, 3.05) is 13.7 Å². The molecule has 2 rings (SSSR count). The molecule has 1 aliphatic heterocycles. The number of rotatable bonds is 5. The molecule has 1 saturated heterocycles. The van der Waals surface area contributed by atoms with Crippen LogP contribution in [0.25, 0.3) is 0 Å². The van der Waals surface area contributed by atoms with Crippen LogP contribution in [0.4, 0.5) is 0 Å². The van der Waals surface area contributed by atoms with Crippen LogP contribution in [-0.4, -0.2) is 25.3 Å². The Morgan fingerprint density at radius 3 is 2.81 bits per heavy atom. The van der Waals surface area contributed by atoms with E-state index in [4.69, 9.17) is 9.47 Å². The zero-order valence-electron chi connectivity index (χ0n) is 12.9. The van der Waals surface area contributed by atoms with E-state index in [0.717, 1.165) is 24.2 Å². The number of hydrogen-bond acceptors (Lipinski definition) is 4. The second-order valence-electron chi connectivity index (χ2n) is 6.29. The molecule has 0 unspecified atom stereocenters. The summed E-state index contributed by atoms with van der Waals surface area (Å²) < 4.78 is 11.2. The average Bonchev–Trinajstić information content (AvgIpc) is 2.43. The third kappa shape index (κ3) is 3.97. The Labute approximate surface area is 126 Å². The molecular formula is C17H23O4-. The van der Waals surface area contributed by atoms with Gasteiger partial charge in [-0.3, -0.25) is 0 Å². The molecule has 0 radical (unpaired) electrons. The molecular weight excluding hydrogens is 268 g/mol. The van der Waals surface area contributed by atoms with Crippen LogP contribution in [0.15, 0.2) is 24.3 Å². The van der Waals surface area contributed by atoms with Gasteiger partial charge in [0, 0.05) is 12.6 Å². The van der Waals surface area contributed by atoms with Crippen LogP contribution < -0.4 is 9.84 Å². The number of aliphatic carboxylic acids is 1. The van der Waals surface area contributed by atoms with E-state index in [1.54, 1.807) is 7.11 Å². The number of benzene rings is 1. The minimum absolute atomic E-state index is 0.0150. The van der Waals surface area contributed by atoms with E-state index >= 15 is 0 Å². The molecule has 1 aromatic rings. The molecule has 4 heteroatoms. The van der Waals surface area contributed by atoms with Gasteiger partial charge >= 0.3 is 0 Å². The fourth-order valence-corrected chi connectivity index (χ4v) is 3.31. The summed E-state index contributed by atoms with van der Waals surface area (Å²) in [5.41, 5.74) is 0.738. The Bertz CT molecular complexity index is 495. The fourth-order valence-electron chi connectivity index (χ4n) is 3.31. The van der Waals surface area contributed by atoms with E-state index in [0.29, 0.717) is 6.61 Å². The molecule has 1 aliphatic rings. The molecule has 0 spiro atoms. The van der Waals surface area contributed by atoms with Crippen LogP contribution in [0.3, 0.4) is 0 Å². The van der Waals surface area contributed by atoms with Gasteiger partial charge in [0.1, 0.15) is 5.75 Å². The molecule has 1 aromatic carbocycles. The Balaban J connectivity index is 2.31. The average molecular weight is 291 g/mol. The summed E-state index contributed by atoms with van der Waals surface area (Å²) in [6.45, 7) is 4.77. The summed E-state index contributed by atoms with van der Waals surface area (Å²) >= 11 is 0. The van der Waals surface area contributed by atoms with E-state index in [9.17, 15) is 9.90 Å². The molecule has 116 valence electrons. The first kappa shape index (κ1) is 15.8.